The fourth-order valence-corrected chi connectivity index (χ4v) is 3.26. The van der Waals surface area contributed by atoms with E-state index in [-0.39, 0.29) is 5.75 Å². The van der Waals surface area contributed by atoms with Crippen LogP contribution in [0.15, 0.2) is 42.9 Å². The van der Waals surface area contributed by atoms with Gasteiger partial charge in [0.15, 0.2) is 0 Å². The molecule has 1 aromatic carbocycles. The Morgan fingerprint density at radius 1 is 1.32 bits per heavy atom. The third-order valence-electron chi connectivity index (χ3n) is 4.54. The summed E-state index contributed by atoms with van der Waals surface area (Å²) in [6, 6.07) is 9.22. The van der Waals surface area contributed by atoms with Crippen molar-refractivity contribution in [2.75, 3.05) is 25.0 Å². The Morgan fingerprint density at radius 2 is 2.16 bits per heavy atom. The van der Waals surface area contributed by atoms with Crippen LogP contribution in [0.2, 0.25) is 0 Å². The molecule has 1 aliphatic rings. The van der Waals surface area contributed by atoms with Gasteiger partial charge in [-0.15, -0.1) is 0 Å². The van der Waals surface area contributed by atoms with Crippen molar-refractivity contribution in [2.45, 2.75) is 32.0 Å². The van der Waals surface area contributed by atoms with E-state index in [1.165, 1.54) is 0 Å². The summed E-state index contributed by atoms with van der Waals surface area (Å²) in [7, 11) is 2.03. The van der Waals surface area contributed by atoms with Gasteiger partial charge in [-0.05, 0) is 31.5 Å². The van der Waals surface area contributed by atoms with Gasteiger partial charge in [0.25, 0.3) is 0 Å². The third-order valence-corrected chi connectivity index (χ3v) is 4.54. The average molecular weight is 348 g/mol. The van der Waals surface area contributed by atoms with Crippen molar-refractivity contribution >= 4 is 5.82 Å². The summed E-state index contributed by atoms with van der Waals surface area (Å²) in [5.41, 5.74) is 0.785. The first-order valence-electron chi connectivity index (χ1n) is 8.37. The number of ether oxygens (including phenoxy) is 1. The number of hydrogen-bond acceptors (Lipinski definition) is 5. The number of aromatic nitrogens is 2. The summed E-state index contributed by atoms with van der Waals surface area (Å²) in [6.45, 7) is -0.420. The lowest BCUT2D eigenvalue weighted by atomic mass is 10.0. The minimum absolute atomic E-state index is 0.253. The van der Waals surface area contributed by atoms with Crippen molar-refractivity contribution in [3.8, 4) is 5.75 Å². The topological polar surface area (TPSA) is 41.5 Å². The van der Waals surface area contributed by atoms with E-state index in [4.69, 9.17) is 0 Å². The molecule has 7 heteroatoms. The van der Waals surface area contributed by atoms with Crippen LogP contribution in [-0.4, -0.2) is 47.7 Å². The average Bonchev–Trinajstić information content (AvgIpc) is 2.63. The molecule has 0 saturated carbocycles. The highest BCUT2D eigenvalue weighted by atomic mass is 19.3. The first-order valence-corrected chi connectivity index (χ1v) is 8.37. The van der Waals surface area contributed by atoms with E-state index in [9.17, 15) is 8.78 Å². The second-order valence-electron chi connectivity index (χ2n) is 6.20. The Labute approximate surface area is 146 Å². The molecular formula is C18H22F2N4O. The van der Waals surface area contributed by atoms with Gasteiger partial charge in [-0.3, -0.25) is 4.90 Å². The summed E-state index contributed by atoms with van der Waals surface area (Å²) < 4.78 is 29.8. The monoisotopic (exact) mass is 348 g/mol. The van der Waals surface area contributed by atoms with Crippen LogP contribution in [0, 0.1) is 0 Å². The third kappa shape index (κ3) is 4.63. The number of para-hydroxylation sites is 1. The van der Waals surface area contributed by atoms with Gasteiger partial charge in [0.2, 0.25) is 0 Å². The van der Waals surface area contributed by atoms with Crippen LogP contribution in [0.3, 0.4) is 0 Å². The quantitative estimate of drug-likeness (QED) is 0.802. The minimum atomic E-state index is -2.81. The van der Waals surface area contributed by atoms with Gasteiger partial charge in [0.05, 0.1) is 0 Å². The highest BCUT2D eigenvalue weighted by Gasteiger charge is 2.25. The number of anilines is 1. The lowest BCUT2D eigenvalue weighted by Gasteiger charge is -2.38. The van der Waals surface area contributed by atoms with Gasteiger partial charge in [0.1, 0.15) is 17.9 Å². The van der Waals surface area contributed by atoms with Crippen molar-refractivity contribution in [3.63, 3.8) is 0 Å². The number of rotatable bonds is 6. The maximum atomic E-state index is 12.6. The molecule has 0 amide bonds. The van der Waals surface area contributed by atoms with Gasteiger partial charge in [-0.25, -0.2) is 9.97 Å². The van der Waals surface area contributed by atoms with Gasteiger partial charge in [0, 0.05) is 37.9 Å². The summed E-state index contributed by atoms with van der Waals surface area (Å²) in [5.74, 6) is 1.15. The fourth-order valence-electron chi connectivity index (χ4n) is 3.26. The number of likely N-dealkylation sites (tertiary alicyclic amines) is 1. The van der Waals surface area contributed by atoms with E-state index in [1.54, 1.807) is 24.7 Å². The normalized spacial score (nSPS) is 18.3. The van der Waals surface area contributed by atoms with Crippen molar-refractivity contribution in [1.82, 2.24) is 14.9 Å². The molecule has 0 spiro atoms. The van der Waals surface area contributed by atoms with E-state index in [1.807, 2.05) is 25.2 Å². The number of hydrogen-bond donors (Lipinski definition) is 0. The lowest BCUT2D eigenvalue weighted by molar-refractivity contribution is -0.0508. The molecule has 2 aromatic rings. The van der Waals surface area contributed by atoms with Gasteiger partial charge in [-0.1, -0.05) is 18.2 Å². The van der Waals surface area contributed by atoms with E-state index < -0.39 is 6.61 Å². The fraction of sp³-hybridized carbons (Fsp3) is 0.444. The Kier molecular flexibility index (Phi) is 5.75. The van der Waals surface area contributed by atoms with Gasteiger partial charge in [-0.2, -0.15) is 8.78 Å². The van der Waals surface area contributed by atoms with Crippen molar-refractivity contribution in [3.05, 3.63) is 48.4 Å². The first kappa shape index (κ1) is 17.5. The Morgan fingerprint density at radius 3 is 2.92 bits per heavy atom. The second-order valence-corrected chi connectivity index (χ2v) is 6.20. The van der Waals surface area contributed by atoms with E-state index in [0.29, 0.717) is 12.6 Å². The number of halogens is 2. The molecule has 2 heterocycles. The zero-order chi connectivity index (χ0) is 17.6. The lowest BCUT2D eigenvalue weighted by Crippen LogP contribution is -2.46. The van der Waals surface area contributed by atoms with Crippen LogP contribution in [0.25, 0.3) is 0 Å². The molecule has 0 radical (unpaired) electrons. The van der Waals surface area contributed by atoms with Crippen molar-refractivity contribution in [2.24, 2.45) is 0 Å². The summed E-state index contributed by atoms with van der Waals surface area (Å²) in [6.07, 6.45) is 5.41. The molecule has 1 aliphatic heterocycles. The van der Waals surface area contributed by atoms with Crippen LogP contribution < -0.4 is 9.64 Å². The number of alkyl halides is 2. The highest BCUT2D eigenvalue weighted by Crippen LogP contribution is 2.25. The number of nitrogens with zero attached hydrogens (tertiary/aromatic N) is 4. The molecule has 1 unspecified atom stereocenters. The van der Waals surface area contributed by atoms with E-state index in [2.05, 4.69) is 24.5 Å². The molecule has 134 valence electrons. The predicted molar refractivity (Wildman–Crippen MR) is 91.8 cm³/mol. The molecule has 0 bridgehead atoms. The first-order chi connectivity index (χ1) is 12.1. The van der Waals surface area contributed by atoms with Crippen LogP contribution in [0.4, 0.5) is 14.6 Å². The van der Waals surface area contributed by atoms with E-state index >= 15 is 0 Å². The molecule has 0 N–H and O–H groups in total. The minimum Gasteiger partial charge on any atom is -0.434 e. The standard InChI is InChI=1S/C18H22F2N4O/c1-23(17-8-9-21-13-22-17)15-6-4-10-24(12-15)11-14-5-2-3-7-16(14)25-18(19)20/h2-3,5,7-9,13,15,18H,4,6,10-12H2,1H3. The largest absolute Gasteiger partial charge is 0.434 e. The van der Waals surface area contributed by atoms with E-state index in [0.717, 1.165) is 37.3 Å². The maximum Gasteiger partial charge on any atom is 0.387 e. The Bertz CT molecular complexity index is 671. The van der Waals surface area contributed by atoms with Crippen molar-refractivity contribution in [1.29, 1.82) is 0 Å². The molecule has 3 rings (SSSR count). The number of likely N-dealkylation sites (N-methyl/N-ethyl adjacent to an activating group) is 1. The molecule has 1 saturated heterocycles. The molecule has 1 atom stereocenters. The van der Waals surface area contributed by atoms with Crippen LogP contribution >= 0.6 is 0 Å². The molecule has 25 heavy (non-hydrogen) atoms. The predicted octanol–water partition coefficient (Wildman–Crippen LogP) is 3.18. The Hall–Kier alpha value is -2.28. The number of benzene rings is 1. The Balaban J connectivity index is 1.66. The summed E-state index contributed by atoms with van der Waals surface area (Å²) >= 11 is 0. The van der Waals surface area contributed by atoms with Crippen molar-refractivity contribution < 1.29 is 13.5 Å². The molecule has 0 aliphatic carbocycles. The SMILES string of the molecule is CN(c1ccncn1)C1CCCN(Cc2ccccc2OC(F)F)C1. The summed E-state index contributed by atoms with van der Waals surface area (Å²) in [4.78, 5) is 12.7. The second kappa shape index (κ2) is 8.20. The van der Waals surface area contributed by atoms with Gasteiger partial charge >= 0.3 is 6.61 Å². The maximum absolute atomic E-state index is 12.6. The van der Waals surface area contributed by atoms with Crippen LogP contribution in [0.5, 0.6) is 5.75 Å². The smallest absolute Gasteiger partial charge is 0.387 e. The molecular weight excluding hydrogens is 326 g/mol. The zero-order valence-electron chi connectivity index (χ0n) is 14.2. The molecule has 1 aromatic heterocycles. The molecule has 1 fully saturated rings. The highest BCUT2D eigenvalue weighted by molar-refractivity contribution is 5.37. The van der Waals surface area contributed by atoms with Crippen LogP contribution in [0.1, 0.15) is 18.4 Å². The zero-order valence-corrected chi connectivity index (χ0v) is 14.2. The molecule has 5 nitrogen and oxygen atoms in total. The van der Waals surface area contributed by atoms with Gasteiger partial charge < -0.3 is 9.64 Å². The summed E-state index contributed by atoms with van der Waals surface area (Å²) in [5, 5.41) is 0. The number of piperidine rings is 1. The van der Waals surface area contributed by atoms with Crippen LogP contribution in [-0.2, 0) is 6.54 Å².